The molecule has 180 valence electrons. The van der Waals surface area contributed by atoms with Gasteiger partial charge in [0.1, 0.15) is 0 Å². The van der Waals surface area contributed by atoms with Crippen molar-refractivity contribution < 1.29 is 22.7 Å². The van der Waals surface area contributed by atoms with Crippen molar-refractivity contribution in [2.24, 2.45) is 0 Å². The molecule has 1 amide bonds. The minimum absolute atomic E-state index is 0.166. The number of benzene rings is 3. The zero-order valence-electron chi connectivity index (χ0n) is 19.7. The fourth-order valence-corrected chi connectivity index (χ4v) is 4.85. The van der Waals surface area contributed by atoms with Gasteiger partial charge in [0.2, 0.25) is 15.9 Å². The highest BCUT2D eigenvalue weighted by atomic mass is 32.2. The van der Waals surface area contributed by atoms with Crippen molar-refractivity contribution in [2.75, 3.05) is 27.3 Å². The summed E-state index contributed by atoms with van der Waals surface area (Å²) in [6.45, 7) is 2.03. The van der Waals surface area contributed by atoms with Gasteiger partial charge in [-0.25, -0.2) is 8.42 Å². The molecule has 0 radical (unpaired) electrons. The van der Waals surface area contributed by atoms with Crippen molar-refractivity contribution in [1.82, 2.24) is 9.62 Å². The highest BCUT2D eigenvalue weighted by molar-refractivity contribution is 7.89. The smallest absolute Gasteiger partial charge is 0.243 e. The number of nitrogens with one attached hydrogen (secondary N) is 1. The number of sulfonamides is 1. The Morgan fingerprint density at radius 2 is 1.56 bits per heavy atom. The Morgan fingerprint density at radius 3 is 2.21 bits per heavy atom. The maximum atomic E-state index is 13.3. The Kier molecular flexibility index (Phi) is 8.67. The van der Waals surface area contributed by atoms with E-state index in [1.54, 1.807) is 50.6 Å². The Morgan fingerprint density at radius 1 is 0.882 bits per heavy atom. The van der Waals surface area contributed by atoms with Gasteiger partial charge in [0, 0.05) is 13.1 Å². The topological polar surface area (TPSA) is 84.9 Å². The van der Waals surface area contributed by atoms with E-state index >= 15 is 0 Å². The van der Waals surface area contributed by atoms with Crippen LogP contribution in [0.15, 0.2) is 77.7 Å². The standard InChI is InChI=1S/C26H30N2O5S/c1-20-9-12-23(13-10-20)34(30,31)28(16-15-21-7-5-4-6-8-21)19-26(29)27-18-22-11-14-24(32-2)25(17-22)33-3/h4-14,17H,15-16,18-19H2,1-3H3,(H,27,29). The van der Waals surface area contributed by atoms with Crippen molar-refractivity contribution in [2.45, 2.75) is 24.8 Å². The number of rotatable bonds is 11. The van der Waals surface area contributed by atoms with E-state index in [1.807, 2.05) is 43.3 Å². The van der Waals surface area contributed by atoms with Gasteiger partial charge in [-0.1, -0.05) is 54.1 Å². The third-order valence-corrected chi connectivity index (χ3v) is 7.27. The number of carbonyl (C=O) groups is 1. The van der Waals surface area contributed by atoms with Gasteiger partial charge in [-0.05, 0) is 48.7 Å². The Balaban J connectivity index is 1.73. The van der Waals surface area contributed by atoms with Crippen molar-refractivity contribution in [3.8, 4) is 11.5 Å². The molecule has 0 aliphatic rings. The quantitative estimate of drug-likeness (QED) is 0.452. The molecule has 3 aromatic carbocycles. The van der Waals surface area contributed by atoms with Crippen LogP contribution >= 0.6 is 0 Å². The molecule has 0 aliphatic carbocycles. The molecule has 34 heavy (non-hydrogen) atoms. The zero-order chi connectivity index (χ0) is 24.6. The van der Waals surface area contributed by atoms with Crippen LogP contribution in [0.5, 0.6) is 11.5 Å². The lowest BCUT2D eigenvalue weighted by Gasteiger charge is -2.22. The van der Waals surface area contributed by atoms with E-state index in [0.29, 0.717) is 17.9 Å². The molecule has 0 aromatic heterocycles. The molecule has 0 atom stereocenters. The van der Waals surface area contributed by atoms with Crippen LogP contribution in [0.2, 0.25) is 0 Å². The fourth-order valence-electron chi connectivity index (χ4n) is 3.45. The minimum Gasteiger partial charge on any atom is -0.493 e. The van der Waals surface area contributed by atoms with Gasteiger partial charge in [-0.15, -0.1) is 0 Å². The van der Waals surface area contributed by atoms with Gasteiger partial charge in [-0.2, -0.15) is 4.31 Å². The summed E-state index contributed by atoms with van der Waals surface area (Å²) in [5.74, 6) is 0.757. The van der Waals surface area contributed by atoms with Crippen LogP contribution in [0.3, 0.4) is 0 Å². The predicted octanol–water partition coefficient (Wildman–Crippen LogP) is 3.56. The third kappa shape index (κ3) is 6.59. The highest BCUT2D eigenvalue weighted by Gasteiger charge is 2.26. The second kappa shape index (κ2) is 11.7. The number of aryl methyl sites for hydroxylation is 1. The predicted molar refractivity (Wildman–Crippen MR) is 131 cm³/mol. The van der Waals surface area contributed by atoms with Crippen LogP contribution in [0, 0.1) is 6.92 Å². The first-order valence-electron chi connectivity index (χ1n) is 10.9. The molecule has 0 spiro atoms. The summed E-state index contributed by atoms with van der Waals surface area (Å²) >= 11 is 0. The second-order valence-corrected chi connectivity index (χ2v) is 9.79. The third-order valence-electron chi connectivity index (χ3n) is 5.41. The van der Waals surface area contributed by atoms with E-state index in [2.05, 4.69) is 5.32 Å². The van der Waals surface area contributed by atoms with Gasteiger partial charge in [0.05, 0.1) is 25.7 Å². The number of amides is 1. The summed E-state index contributed by atoms with van der Waals surface area (Å²) < 4.78 is 38.5. The number of hydrogen-bond donors (Lipinski definition) is 1. The van der Waals surface area contributed by atoms with Crippen LogP contribution in [0.4, 0.5) is 0 Å². The molecular formula is C26H30N2O5S. The van der Waals surface area contributed by atoms with Crippen molar-refractivity contribution >= 4 is 15.9 Å². The molecule has 0 unspecified atom stereocenters. The van der Waals surface area contributed by atoms with E-state index in [9.17, 15) is 13.2 Å². The molecule has 8 heteroatoms. The molecule has 0 fully saturated rings. The molecule has 7 nitrogen and oxygen atoms in total. The largest absolute Gasteiger partial charge is 0.493 e. The number of nitrogens with zero attached hydrogens (tertiary/aromatic N) is 1. The van der Waals surface area contributed by atoms with E-state index in [0.717, 1.165) is 16.7 Å². The van der Waals surface area contributed by atoms with Crippen LogP contribution < -0.4 is 14.8 Å². The van der Waals surface area contributed by atoms with Gasteiger partial charge >= 0.3 is 0 Å². The highest BCUT2D eigenvalue weighted by Crippen LogP contribution is 2.27. The van der Waals surface area contributed by atoms with Crippen LogP contribution in [0.1, 0.15) is 16.7 Å². The number of ether oxygens (including phenoxy) is 2. The lowest BCUT2D eigenvalue weighted by Crippen LogP contribution is -2.41. The molecule has 0 bridgehead atoms. The molecule has 0 saturated carbocycles. The molecular weight excluding hydrogens is 452 g/mol. The van der Waals surface area contributed by atoms with Crippen molar-refractivity contribution in [3.05, 3.63) is 89.5 Å². The first-order valence-corrected chi connectivity index (χ1v) is 12.4. The summed E-state index contributed by atoms with van der Waals surface area (Å²) in [6.07, 6.45) is 0.495. The second-order valence-electron chi connectivity index (χ2n) is 7.85. The summed E-state index contributed by atoms with van der Waals surface area (Å²) in [5, 5.41) is 2.81. The van der Waals surface area contributed by atoms with Gasteiger partial charge in [-0.3, -0.25) is 4.79 Å². The summed E-state index contributed by atoms with van der Waals surface area (Å²) in [5.41, 5.74) is 2.77. The Hall–Kier alpha value is -3.36. The van der Waals surface area contributed by atoms with E-state index in [-0.39, 0.29) is 24.5 Å². The lowest BCUT2D eigenvalue weighted by atomic mass is 10.1. The SMILES string of the molecule is COc1ccc(CNC(=O)CN(CCc2ccccc2)S(=O)(=O)c2ccc(C)cc2)cc1OC. The Labute approximate surface area is 201 Å². The maximum Gasteiger partial charge on any atom is 0.243 e. The zero-order valence-corrected chi connectivity index (χ0v) is 20.5. The van der Waals surface area contributed by atoms with Crippen molar-refractivity contribution in [3.63, 3.8) is 0 Å². The van der Waals surface area contributed by atoms with Gasteiger partial charge < -0.3 is 14.8 Å². The summed E-state index contributed by atoms with van der Waals surface area (Å²) in [4.78, 5) is 12.9. The van der Waals surface area contributed by atoms with E-state index in [4.69, 9.17) is 9.47 Å². The van der Waals surface area contributed by atoms with Crippen LogP contribution in [0.25, 0.3) is 0 Å². The van der Waals surface area contributed by atoms with Gasteiger partial charge in [0.25, 0.3) is 0 Å². The average Bonchev–Trinajstić information content (AvgIpc) is 2.85. The first kappa shape index (κ1) is 25.3. The maximum absolute atomic E-state index is 13.3. The average molecular weight is 483 g/mol. The summed E-state index contributed by atoms with van der Waals surface area (Å²) in [7, 11) is -0.754. The van der Waals surface area contributed by atoms with Crippen LogP contribution in [-0.2, 0) is 27.8 Å². The normalized spacial score (nSPS) is 11.3. The monoisotopic (exact) mass is 482 g/mol. The van der Waals surface area contributed by atoms with Crippen molar-refractivity contribution in [1.29, 1.82) is 0 Å². The number of methoxy groups -OCH3 is 2. The number of carbonyl (C=O) groups excluding carboxylic acids is 1. The first-order chi connectivity index (χ1) is 16.3. The molecule has 1 N–H and O–H groups in total. The van der Waals surface area contributed by atoms with Crippen LogP contribution in [-0.4, -0.2) is 45.9 Å². The molecule has 0 heterocycles. The molecule has 3 rings (SSSR count). The Bertz CT molecular complexity index is 1200. The molecule has 0 saturated heterocycles. The lowest BCUT2D eigenvalue weighted by molar-refractivity contribution is -0.121. The molecule has 0 aliphatic heterocycles. The minimum atomic E-state index is -3.85. The number of hydrogen-bond acceptors (Lipinski definition) is 5. The van der Waals surface area contributed by atoms with Gasteiger partial charge in [0.15, 0.2) is 11.5 Å². The molecule has 3 aromatic rings. The van der Waals surface area contributed by atoms with E-state index < -0.39 is 15.9 Å². The fraction of sp³-hybridized carbons (Fsp3) is 0.269. The van der Waals surface area contributed by atoms with E-state index in [1.165, 1.54) is 4.31 Å². The summed E-state index contributed by atoms with van der Waals surface area (Å²) in [6, 6.07) is 21.6.